The summed E-state index contributed by atoms with van der Waals surface area (Å²) in [5, 5.41) is 15.0. The first-order valence-electron chi connectivity index (χ1n) is 13.4. The van der Waals surface area contributed by atoms with E-state index in [-0.39, 0.29) is 40.0 Å². The summed E-state index contributed by atoms with van der Waals surface area (Å²) in [4.78, 5) is 39.0. The first kappa shape index (κ1) is 34.9. The maximum absolute atomic E-state index is 14.2. The molecule has 0 radical (unpaired) electrons. The number of halogens is 3. The van der Waals surface area contributed by atoms with E-state index in [0.29, 0.717) is 17.1 Å². The lowest BCUT2D eigenvalue weighted by atomic mass is 10.1. The van der Waals surface area contributed by atoms with Crippen molar-refractivity contribution in [3.8, 4) is 5.75 Å². The number of sulfonamides is 1. The van der Waals surface area contributed by atoms with E-state index in [0.717, 1.165) is 10.4 Å². The van der Waals surface area contributed by atoms with Crippen LogP contribution in [-0.4, -0.2) is 56.3 Å². The number of rotatable bonds is 13. The molecule has 236 valence electrons. The molecule has 0 saturated carbocycles. The van der Waals surface area contributed by atoms with Crippen molar-refractivity contribution in [2.75, 3.05) is 24.5 Å². The van der Waals surface area contributed by atoms with Crippen molar-refractivity contribution in [2.24, 2.45) is 0 Å². The zero-order chi connectivity index (χ0) is 32.8. The highest BCUT2D eigenvalue weighted by Crippen LogP contribution is 2.36. The molecule has 0 heterocycles. The van der Waals surface area contributed by atoms with Crippen LogP contribution in [0.15, 0.2) is 59.5 Å². The van der Waals surface area contributed by atoms with Crippen molar-refractivity contribution >= 4 is 68.0 Å². The molecular weight excluding hydrogens is 655 g/mol. The van der Waals surface area contributed by atoms with E-state index in [4.69, 9.17) is 39.5 Å². The quantitative estimate of drug-likeness (QED) is 0.172. The molecule has 3 aromatic rings. The number of aryl methyl sites for hydroxylation is 1. The van der Waals surface area contributed by atoms with Crippen LogP contribution in [0.2, 0.25) is 15.1 Å². The lowest BCUT2D eigenvalue weighted by Crippen LogP contribution is -2.52. The van der Waals surface area contributed by atoms with Gasteiger partial charge in [-0.3, -0.25) is 24.0 Å². The number of nitrogens with one attached hydrogen (secondary N) is 1. The fourth-order valence-corrected chi connectivity index (χ4v) is 6.42. The molecule has 0 aliphatic heterocycles. The third-order valence-electron chi connectivity index (χ3n) is 6.73. The maximum Gasteiger partial charge on any atom is 0.273 e. The Bertz CT molecular complexity index is 1670. The number of amides is 2. The molecule has 0 aliphatic rings. The van der Waals surface area contributed by atoms with Crippen molar-refractivity contribution < 1.29 is 27.7 Å². The van der Waals surface area contributed by atoms with Crippen LogP contribution < -0.4 is 14.4 Å². The summed E-state index contributed by atoms with van der Waals surface area (Å²) in [7, 11) is -3.33. The van der Waals surface area contributed by atoms with Crippen molar-refractivity contribution in [2.45, 2.75) is 44.7 Å². The monoisotopic (exact) mass is 684 g/mol. The highest BCUT2D eigenvalue weighted by molar-refractivity contribution is 7.92. The molecule has 1 atom stereocenters. The van der Waals surface area contributed by atoms with Gasteiger partial charge in [-0.15, -0.1) is 0 Å². The number of nitro benzene ring substituents is 1. The number of anilines is 1. The summed E-state index contributed by atoms with van der Waals surface area (Å²) in [5.41, 5.74) is 0.285. The molecule has 0 aliphatic carbocycles. The number of benzene rings is 3. The van der Waals surface area contributed by atoms with Crippen LogP contribution in [0, 0.1) is 17.0 Å². The fraction of sp³-hybridized carbons (Fsp3) is 0.310. The largest absolute Gasteiger partial charge is 0.495 e. The van der Waals surface area contributed by atoms with Gasteiger partial charge in [0.15, 0.2) is 0 Å². The minimum atomic E-state index is -4.65. The van der Waals surface area contributed by atoms with E-state index in [1.807, 2.05) is 0 Å². The van der Waals surface area contributed by atoms with E-state index in [1.165, 1.54) is 49.3 Å². The molecule has 44 heavy (non-hydrogen) atoms. The van der Waals surface area contributed by atoms with Crippen LogP contribution in [0.1, 0.15) is 31.4 Å². The van der Waals surface area contributed by atoms with Gasteiger partial charge in [-0.2, -0.15) is 0 Å². The summed E-state index contributed by atoms with van der Waals surface area (Å²) >= 11 is 18.5. The van der Waals surface area contributed by atoms with Gasteiger partial charge in [0, 0.05) is 29.7 Å². The smallest absolute Gasteiger partial charge is 0.273 e. The number of nitrogens with zero attached hydrogens (tertiary/aromatic N) is 3. The van der Waals surface area contributed by atoms with Gasteiger partial charge in [-0.05, 0) is 62.2 Å². The number of nitro groups is 1. The first-order chi connectivity index (χ1) is 20.7. The minimum Gasteiger partial charge on any atom is -0.495 e. The van der Waals surface area contributed by atoms with Crippen LogP contribution in [-0.2, 0) is 26.2 Å². The van der Waals surface area contributed by atoms with Gasteiger partial charge < -0.3 is 15.0 Å². The fourth-order valence-electron chi connectivity index (χ4n) is 4.49. The van der Waals surface area contributed by atoms with Gasteiger partial charge in [0.25, 0.3) is 15.7 Å². The predicted molar refractivity (Wildman–Crippen MR) is 170 cm³/mol. The Morgan fingerprint density at radius 2 is 1.73 bits per heavy atom. The Balaban J connectivity index is 2.20. The Labute approximate surface area is 270 Å². The van der Waals surface area contributed by atoms with E-state index >= 15 is 0 Å². The van der Waals surface area contributed by atoms with Crippen LogP contribution in [0.25, 0.3) is 0 Å². The molecule has 3 rings (SSSR count). The predicted octanol–water partition coefficient (Wildman–Crippen LogP) is 6.01. The van der Waals surface area contributed by atoms with Crippen molar-refractivity contribution in [3.63, 3.8) is 0 Å². The van der Waals surface area contributed by atoms with Crippen LogP contribution in [0.5, 0.6) is 5.75 Å². The molecular formula is C29H31Cl3N4O7S. The molecule has 15 heteroatoms. The van der Waals surface area contributed by atoms with E-state index in [1.54, 1.807) is 32.0 Å². The number of ether oxygens (including phenoxy) is 1. The average Bonchev–Trinajstić information content (AvgIpc) is 2.97. The van der Waals surface area contributed by atoms with Gasteiger partial charge in [0.1, 0.15) is 18.3 Å². The Morgan fingerprint density at radius 3 is 2.32 bits per heavy atom. The lowest BCUT2D eigenvalue weighted by Gasteiger charge is -2.33. The second-order valence-electron chi connectivity index (χ2n) is 9.62. The van der Waals surface area contributed by atoms with Crippen molar-refractivity contribution in [3.05, 3.63) is 90.9 Å². The number of methoxy groups -OCH3 is 1. The molecule has 0 fully saturated rings. The summed E-state index contributed by atoms with van der Waals surface area (Å²) < 4.78 is 34.6. The standard InChI is InChI=1S/C29H31Cl3N4O7S/c1-5-24(29(38)33-6-2)34(16-19-8-11-22(31)23(32)13-19)28(37)17-35(26-14-20(30)9-12-27(26)43-4)44(41,42)21-10-7-18(3)25(15-21)36(39)40/h7-15,24H,5-6,16-17H2,1-4H3,(H,33,38). The highest BCUT2D eigenvalue weighted by atomic mass is 35.5. The number of carbonyl (C=O) groups excluding carboxylic acids is 2. The Hall–Kier alpha value is -3.58. The minimum absolute atomic E-state index is 0.0687. The average molecular weight is 686 g/mol. The summed E-state index contributed by atoms with van der Waals surface area (Å²) in [5.74, 6) is -1.12. The number of carbonyl (C=O) groups is 2. The number of hydrogen-bond donors (Lipinski definition) is 1. The SMILES string of the molecule is CCNC(=O)C(CC)N(Cc1ccc(Cl)c(Cl)c1)C(=O)CN(c1cc(Cl)ccc1OC)S(=O)(=O)c1ccc(C)c([N+](=O)[O-])c1. The first-order valence-corrected chi connectivity index (χ1v) is 15.9. The second-order valence-corrected chi connectivity index (χ2v) is 12.7. The number of likely N-dealkylation sites (N-methyl/N-ethyl adjacent to an activating group) is 1. The van der Waals surface area contributed by atoms with Crippen LogP contribution >= 0.6 is 34.8 Å². The van der Waals surface area contributed by atoms with Gasteiger partial charge in [-0.25, -0.2) is 8.42 Å². The summed E-state index contributed by atoms with van der Waals surface area (Å²) in [6.45, 7) is 4.31. The van der Waals surface area contributed by atoms with Gasteiger partial charge in [0.05, 0.1) is 32.7 Å². The Kier molecular flexibility index (Phi) is 11.8. The van der Waals surface area contributed by atoms with E-state index in [2.05, 4.69) is 5.32 Å². The molecule has 11 nitrogen and oxygen atoms in total. The zero-order valence-electron chi connectivity index (χ0n) is 24.3. The van der Waals surface area contributed by atoms with Crippen LogP contribution in [0.4, 0.5) is 11.4 Å². The molecule has 1 unspecified atom stereocenters. The third-order valence-corrected chi connectivity index (χ3v) is 9.46. The zero-order valence-corrected chi connectivity index (χ0v) is 27.4. The molecule has 0 bridgehead atoms. The topological polar surface area (TPSA) is 139 Å². The van der Waals surface area contributed by atoms with E-state index in [9.17, 15) is 28.1 Å². The highest BCUT2D eigenvalue weighted by Gasteiger charge is 2.35. The molecule has 0 saturated heterocycles. The van der Waals surface area contributed by atoms with Crippen LogP contribution in [0.3, 0.4) is 0 Å². The Morgan fingerprint density at radius 1 is 1.02 bits per heavy atom. The number of hydrogen-bond acceptors (Lipinski definition) is 7. The molecule has 2 amide bonds. The van der Waals surface area contributed by atoms with Gasteiger partial charge in [-0.1, -0.05) is 53.9 Å². The van der Waals surface area contributed by atoms with E-state index < -0.39 is 49.9 Å². The van der Waals surface area contributed by atoms with Gasteiger partial charge >= 0.3 is 0 Å². The lowest BCUT2D eigenvalue weighted by molar-refractivity contribution is -0.385. The molecule has 0 spiro atoms. The third kappa shape index (κ3) is 7.92. The van der Waals surface area contributed by atoms with Crippen molar-refractivity contribution in [1.29, 1.82) is 0 Å². The molecule has 0 aromatic heterocycles. The normalized spacial score (nSPS) is 11.9. The molecule has 3 aromatic carbocycles. The van der Waals surface area contributed by atoms with Gasteiger partial charge in [0.2, 0.25) is 11.8 Å². The summed E-state index contributed by atoms with van der Waals surface area (Å²) in [6.07, 6.45) is 0.205. The maximum atomic E-state index is 14.2. The summed E-state index contributed by atoms with van der Waals surface area (Å²) in [6, 6.07) is 11.4. The van der Waals surface area contributed by atoms with Crippen molar-refractivity contribution in [1.82, 2.24) is 10.2 Å². The second kappa shape index (κ2) is 14.9. The molecule has 1 N–H and O–H groups in total.